The molecule has 1 aliphatic heterocycles. The molecule has 4 heteroatoms. The molecule has 0 aromatic heterocycles. The van der Waals surface area contributed by atoms with E-state index < -0.39 is 0 Å². The third-order valence-electron chi connectivity index (χ3n) is 3.36. The number of nitrogens with two attached hydrogens (primary N) is 1. The van der Waals surface area contributed by atoms with Crippen LogP contribution in [-0.4, -0.2) is 30.3 Å². The highest BCUT2D eigenvalue weighted by Crippen LogP contribution is 2.26. The molecule has 2 atom stereocenters. The number of benzene rings is 1. The lowest BCUT2D eigenvalue weighted by atomic mass is 10.2. The van der Waals surface area contributed by atoms with Gasteiger partial charge in [-0.3, -0.25) is 0 Å². The van der Waals surface area contributed by atoms with E-state index in [1.807, 2.05) is 36.0 Å². The molecular weight excluding hydrogens is 258 g/mol. The number of ether oxygens (including phenoxy) is 2. The molecule has 106 valence electrons. The topological polar surface area (TPSA) is 44.5 Å². The van der Waals surface area contributed by atoms with Gasteiger partial charge in [-0.05, 0) is 43.2 Å². The fourth-order valence-corrected chi connectivity index (χ4v) is 3.34. The van der Waals surface area contributed by atoms with Crippen LogP contribution in [0.25, 0.3) is 0 Å². The summed E-state index contributed by atoms with van der Waals surface area (Å²) in [6.45, 7) is 4.44. The molecule has 19 heavy (non-hydrogen) atoms. The number of rotatable bonds is 7. The Morgan fingerprint density at radius 2 is 2.16 bits per heavy atom. The van der Waals surface area contributed by atoms with Crippen molar-refractivity contribution in [2.45, 2.75) is 37.7 Å². The lowest BCUT2D eigenvalue weighted by Crippen LogP contribution is -2.14. The van der Waals surface area contributed by atoms with Crippen LogP contribution in [0.3, 0.4) is 0 Å². The summed E-state index contributed by atoms with van der Waals surface area (Å²) in [6, 6.07) is 8.01. The zero-order valence-corrected chi connectivity index (χ0v) is 12.3. The van der Waals surface area contributed by atoms with Gasteiger partial charge < -0.3 is 15.2 Å². The standard InChI is InChI=1S/C15H23NO2S/c1-12-15(7-9-17-12)19-10-2-8-18-14-5-3-13(11-16)4-6-14/h3-6,12,15H,2,7-11,16H2,1H3. The summed E-state index contributed by atoms with van der Waals surface area (Å²) < 4.78 is 11.3. The molecule has 2 rings (SSSR count). The van der Waals surface area contributed by atoms with Gasteiger partial charge in [0.15, 0.2) is 0 Å². The zero-order valence-electron chi connectivity index (χ0n) is 11.5. The molecule has 3 nitrogen and oxygen atoms in total. The van der Waals surface area contributed by atoms with Gasteiger partial charge in [0.25, 0.3) is 0 Å². The molecule has 1 saturated heterocycles. The summed E-state index contributed by atoms with van der Waals surface area (Å²) in [5.41, 5.74) is 6.69. The van der Waals surface area contributed by atoms with Crippen LogP contribution in [-0.2, 0) is 11.3 Å². The van der Waals surface area contributed by atoms with Gasteiger partial charge in [-0.15, -0.1) is 0 Å². The van der Waals surface area contributed by atoms with E-state index in [0.717, 1.165) is 36.7 Å². The monoisotopic (exact) mass is 281 g/mol. The van der Waals surface area contributed by atoms with Gasteiger partial charge in [0.05, 0.1) is 12.7 Å². The van der Waals surface area contributed by atoms with Crippen molar-refractivity contribution in [3.05, 3.63) is 29.8 Å². The average Bonchev–Trinajstić information content (AvgIpc) is 2.85. The maximum absolute atomic E-state index is 5.71. The number of hydrogen-bond acceptors (Lipinski definition) is 4. The number of hydrogen-bond donors (Lipinski definition) is 1. The van der Waals surface area contributed by atoms with E-state index >= 15 is 0 Å². The Balaban J connectivity index is 1.58. The molecule has 2 N–H and O–H groups in total. The highest BCUT2D eigenvalue weighted by atomic mass is 32.2. The van der Waals surface area contributed by atoms with Gasteiger partial charge >= 0.3 is 0 Å². The van der Waals surface area contributed by atoms with E-state index in [9.17, 15) is 0 Å². The SMILES string of the molecule is CC1OCCC1SCCCOc1ccc(CN)cc1. The summed E-state index contributed by atoms with van der Waals surface area (Å²) in [5.74, 6) is 2.07. The van der Waals surface area contributed by atoms with Crippen molar-refractivity contribution in [2.24, 2.45) is 5.73 Å². The van der Waals surface area contributed by atoms with E-state index in [1.165, 1.54) is 6.42 Å². The molecule has 0 spiro atoms. The largest absolute Gasteiger partial charge is 0.494 e. The van der Waals surface area contributed by atoms with E-state index in [4.69, 9.17) is 15.2 Å². The van der Waals surface area contributed by atoms with Gasteiger partial charge in [0.2, 0.25) is 0 Å². The predicted molar refractivity (Wildman–Crippen MR) is 80.7 cm³/mol. The minimum absolute atomic E-state index is 0.412. The summed E-state index contributed by atoms with van der Waals surface area (Å²) in [5, 5.41) is 0.670. The van der Waals surface area contributed by atoms with Crippen molar-refractivity contribution in [1.82, 2.24) is 0 Å². The van der Waals surface area contributed by atoms with Crippen LogP contribution in [0.1, 0.15) is 25.3 Å². The average molecular weight is 281 g/mol. The molecule has 1 aromatic rings. The third kappa shape index (κ3) is 4.71. The minimum Gasteiger partial charge on any atom is -0.494 e. The first kappa shape index (κ1) is 14.7. The van der Waals surface area contributed by atoms with Crippen molar-refractivity contribution in [2.75, 3.05) is 19.0 Å². The Bertz CT molecular complexity index is 369. The molecule has 0 aliphatic carbocycles. The smallest absolute Gasteiger partial charge is 0.119 e. The Hall–Kier alpha value is -0.710. The highest BCUT2D eigenvalue weighted by molar-refractivity contribution is 7.99. The second-order valence-electron chi connectivity index (χ2n) is 4.82. The van der Waals surface area contributed by atoms with Crippen LogP contribution in [0.2, 0.25) is 0 Å². The second-order valence-corrected chi connectivity index (χ2v) is 6.17. The van der Waals surface area contributed by atoms with Crippen LogP contribution in [0.15, 0.2) is 24.3 Å². The summed E-state index contributed by atoms with van der Waals surface area (Å²) in [7, 11) is 0. The van der Waals surface area contributed by atoms with Crippen molar-refractivity contribution in [3.63, 3.8) is 0 Å². The van der Waals surface area contributed by atoms with Gasteiger partial charge in [-0.2, -0.15) is 11.8 Å². The van der Waals surface area contributed by atoms with E-state index in [-0.39, 0.29) is 0 Å². The number of thioether (sulfide) groups is 1. The van der Waals surface area contributed by atoms with Crippen LogP contribution in [0, 0.1) is 0 Å². The molecule has 1 heterocycles. The molecule has 1 fully saturated rings. The van der Waals surface area contributed by atoms with Gasteiger partial charge in [0, 0.05) is 18.4 Å². The fraction of sp³-hybridized carbons (Fsp3) is 0.600. The van der Waals surface area contributed by atoms with Crippen LogP contribution < -0.4 is 10.5 Å². The Morgan fingerprint density at radius 1 is 1.37 bits per heavy atom. The quantitative estimate of drug-likeness (QED) is 0.781. The van der Waals surface area contributed by atoms with E-state index in [2.05, 4.69) is 6.92 Å². The predicted octanol–water partition coefficient (Wildman–Crippen LogP) is 2.82. The molecule has 1 aliphatic rings. The molecule has 2 unspecified atom stereocenters. The lowest BCUT2D eigenvalue weighted by molar-refractivity contribution is 0.127. The molecule has 1 aromatic carbocycles. The molecule has 0 saturated carbocycles. The summed E-state index contributed by atoms with van der Waals surface area (Å²) in [4.78, 5) is 0. The van der Waals surface area contributed by atoms with E-state index in [0.29, 0.717) is 17.9 Å². The van der Waals surface area contributed by atoms with Gasteiger partial charge in [-0.1, -0.05) is 12.1 Å². The normalized spacial score (nSPS) is 22.6. The van der Waals surface area contributed by atoms with Gasteiger partial charge in [-0.25, -0.2) is 0 Å². The first-order chi connectivity index (χ1) is 9.29. The Morgan fingerprint density at radius 3 is 2.79 bits per heavy atom. The Kier molecular flexibility index (Phi) is 6.01. The summed E-state index contributed by atoms with van der Waals surface area (Å²) in [6.07, 6.45) is 2.68. The van der Waals surface area contributed by atoms with Crippen LogP contribution >= 0.6 is 11.8 Å². The summed E-state index contributed by atoms with van der Waals surface area (Å²) >= 11 is 2.01. The minimum atomic E-state index is 0.412. The van der Waals surface area contributed by atoms with Crippen molar-refractivity contribution in [3.8, 4) is 5.75 Å². The highest BCUT2D eigenvalue weighted by Gasteiger charge is 2.23. The first-order valence-electron chi connectivity index (χ1n) is 6.94. The third-order valence-corrected chi connectivity index (χ3v) is 4.93. The second kappa shape index (κ2) is 7.78. The lowest BCUT2D eigenvalue weighted by Gasteiger charge is -2.13. The van der Waals surface area contributed by atoms with E-state index in [1.54, 1.807) is 0 Å². The van der Waals surface area contributed by atoms with Crippen LogP contribution in [0.5, 0.6) is 5.75 Å². The maximum Gasteiger partial charge on any atom is 0.119 e. The maximum atomic E-state index is 5.71. The van der Waals surface area contributed by atoms with Crippen molar-refractivity contribution in [1.29, 1.82) is 0 Å². The zero-order chi connectivity index (χ0) is 13.5. The van der Waals surface area contributed by atoms with Crippen LogP contribution in [0.4, 0.5) is 0 Å². The van der Waals surface area contributed by atoms with Crippen molar-refractivity contribution < 1.29 is 9.47 Å². The molecule has 0 bridgehead atoms. The fourth-order valence-electron chi connectivity index (χ4n) is 2.14. The first-order valence-corrected chi connectivity index (χ1v) is 7.99. The van der Waals surface area contributed by atoms with Crippen molar-refractivity contribution >= 4 is 11.8 Å². The molecule has 0 amide bonds. The molecular formula is C15H23NO2S. The molecule has 0 radical (unpaired) electrons. The van der Waals surface area contributed by atoms with Gasteiger partial charge in [0.1, 0.15) is 5.75 Å². The Labute approximate surface area is 119 Å².